The zero-order valence-electron chi connectivity index (χ0n) is 8.04. The highest BCUT2D eigenvalue weighted by molar-refractivity contribution is 5.77. The Morgan fingerprint density at radius 1 is 1.53 bits per heavy atom. The third-order valence-corrected chi connectivity index (χ3v) is 2.22. The van der Waals surface area contributed by atoms with E-state index in [1.165, 1.54) is 0 Å². The van der Waals surface area contributed by atoms with Gasteiger partial charge in [-0.3, -0.25) is 0 Å². The van der Waals surface area contributed by atoms with Crippen LogP contribution in [-0.2, 0) is 9.53 Å². The molecule has 0 aromatic carbocycles. The van der Waals surface area contributed by atoms with Gasteiger partial charge in [0.15, 0.2) is 6.04 Å². The molecule has 1 atom stereocenters. The van der Waals surface area contributed by atoms with Gasteiger partial charge in [-0.05, 0) is 6.07 Å². The number of hydrogen-bond donors (Lipinski definition) is 1. The van der Waals surface area contributed by atoms with Crippen LogP contribution in [0.25, 0.3) is 0 Å². The Labute approximate surface area is 86.5 Å². The first kappa shape index (κ1) is 9.85. The summed E-state index contributed by atoms with van der Waals surface area (Å²) < 4.78 is 5.12. The Hall–Kier alpha value is -1.69. The smallest absolute Gasteiger partial charge is 0.328 e. The summed E-state index contributed by atoms with van der Waals surface area (Å²) in [6.45, 7) is 1.18. The number of carboxylic acids is 1. The zero-order chi connectivity index (χ0) is 10.7. The lowest BCUT2D eigenvalue weighted by atomic mass is 10.2. The fourth-order valence-corrected chi connectivity index (χ4v) is 1.49. The molecule has 0 bridgehead atoms. The lowest BCUT2D eigenvalue weighted by Crippen LogP contribution is -2.50. The first-order valence-electron chi connectivity index (χ1n) is 4.63. The second-order valence-electron chi connectivity index (χ2n) is 3.17. The van der Waals surface area contributed by atoms with Crippen molar-refractivity contribution >= 4 is 11.9 Å². The third kappa shape index (κ3) is 2.04. The van der Waals surface area contributed by atoms with Gasteiger partial charge in [-0.2, -0.15) is 0 Å². The van der Waals surface area contributed by atoms with E-state index >= 15 is 0 Å². The summed E-state index contributed by atoms with van der Waals surface area (Å²) in [6.07, 6.45) is 3.19. The van der Waals surface area contributed by atoms with Crippen LogP contribution in [0.4, 0.5) is 5.95 Å². The fraction of sp³-hybridized carbons (Fsp3) is 0.444. The number of hydrogen-bond acceptors (Lipinski definition) is 5. The van der Waals surface area contributed by atoms with Gasteiger partial charge in [0.05, 0.1) is 13.2 Å². The third-order valence-electron chi connectivity index (χ3n) is 2.22. The van der Waals surface area contributed by atoms with E-state index in [-0.39, 0.29) is 6.61 Å². The van der Waals surface area contributed by atoms with Gasteiger partial charge in [-0.1, -0.05) is 0 Å². The van der Waals surface area contributed by atoms with E-state index < -0.39 is 12.0 Å². The number of ether oxygens (including phenoxy) is 1. The van der Waals surface area contributed by atoms with Gasteiger partial charge >= 0.3 is 5.97 Å². The Bertz CT molecular complexity index is 344. The first-order chi connectivity index (χ1) is 7.29. The van der Waals surface area contributed by atoms with E-state index in [1.54, 1.807) is 23.4 Å². The maximum absolute atomic E-state index is 11.0. The van der Waals surface area contributed by atoms with Gasteiger partial charge < -0.3 is 14.7 Å². The molecule has 1 aliphatic heterocycles. The minimum Gasteiger partial charge on any atom is -0.480 e. The molecule has 1 fully saturated rings. The van der Waals surface area contributed by atoms with Crippen molar-refractivity contribution in [1.29, 1.82) is 0 Å². The van der Waals surface area contributed by atoms with Crippen LogP contribution < -0.4 is 4.90 Å². The maximum Gasteiger partial charge on any atom is 0.328 e. The molecule has 6 nitrogen and oxygen atoms in total. The highest BCUT2D eigenvalue weighted by atomic mass is 16.5. The number of aliphatic carboxylic acids is 1. The second kappa shape index (κ2) is 4.22. The van der Waals surface area contributed by atoms with E-state index in [0.717, 1.165) is 0 Å². The minimum atomic E-state index is -0.915. The van der Waals surface area contributed by atoms with Crippen molar-refractivity contribution in [2.24, 2.45) is 0 Å². The van der Waals surface area contributed by atoms with Gasteiger partial charge in [-0.25, -0.2) is 14.8 Å². The summed E-state index contributed by atoms with van der Waals surface area (Å²) in [5.74, 6) is -0.477. The molecule has 0 radical (unpaired) electrons. The van der Waals surface area contributed by atoms with Crippen molar-refractivity contribution in [1.82, 2.24) is 9.97 Å². The summed E-state index contributed by atoms with van der Waals surface area (Å²) in [7, 11) is 0. The van der Waals surface area contributed by atoms with Crippen LogP contribution in [-0.4, -0.2) is 46.8 Å². The van der Waals surface area contributed by atoms with Crippen LogP contribution in [0.15, 0.2) is 18.5 Å². The van der Waals surface area contributed by atoms with E-state index in [4.69, 9.17) is 9.84 Å². The van der Waals surface area contributed by atoms with Gasteiger partial charge in [0.2, 0.25) is 5.95 Å². The van der Waals surface area contributed by atoms with Crippen molar-refractivity contribution in [2.75, 3.05) is 24.7 Å². The SMILES string of the molecule is O=C(O)C1COCCN1c1ncccn1. The Kier molecular flexibility index (Phi) is 2.77. The highest BCUT2D eigenvalue weighted by Gasteiger charge is 2.30. The number of anilines is 1. The number of aromatic nitrogens is 2. The normalized spacial score (nSPS) is 21.3. The maximum atomic E-state index is 11.0. The Morgan fingerprint density at radius 3 is 2.93 bits per heavy atom. The lowest BCUT2D eigenvalue weighted by Gasteiger charge is -2.32. The number of rotatable bonds is 2. The van der Waals surface area contributed by atoms with Crippen LogP contribution in [0.1, 0.15) is 0 Å². The van der Waals surface area contributed by atoms with Crippen LogP contribution in [0.2, 0.25) is 0 Å². The topological polar surface area (TPSA) is 75.6 Å². The number of nitrogens with zero attached hydrogens (tertiary/aromatic N) is 3. The molecule has 1 saturated heterocycles. The monoisotopic (exact) mass is 209 g/mol. The van der Waals surface area contributed by atoms with Crippen LogP contribution >= 0.6 is 0 Å². The lowest BCUT2D eigenvalue weighted by molar-refractivity contribution is -0.141. The molecule has 2 heterocycles. The molecular weight excluding hydrogens is 198 g/mol. The molecule has 80 valence electrons. The van der Waals surface area contributed by atoms with E-state index in [0.29, 0.717) is 19.1 Å². The molecule has 0 saturated carbocycles. The predicted octanol–water partition coefficient (Wildman–Crippen LogP) is -0.234. The van der Waals surface area contributed by atoms with Crippen molar-refractivity contribution < 1.29 is 14.6 Å². The van der Waals surface area contributed by atoms with Crippen LogP contribution in [0.3, 0.4) is 0 Å². The fourth-order valence-electron chi connectivity index (χ4n) is 1.49. The average molecular weight is 209 g/mol. The van der Waals surface area contributed by atoms with E-state index in [9.17, 15) is 4.79 Å². The quantitative estimate of drug-likeness (QED) is 0.724. The van der Waals surface area contributed by atoms with Crippen molar-refractivity contribution in [3.05, 3.63) is 18.5 Å². The highest BCUT2D eigenvalue weighted by Crippen LogP contribution is 2.13. The molecule has 1 aromatic heterocycles. The number of carbonyl (C=O) groups is 1. The molecule has 2 rings (SSSR count). The Morgan fingerprint density at radius 2 is 2.27 bits per heavy atom. The van der Waals surface area contributed by atoms with Crippen LogP contribution in [0.5, 0.6) is 0 Å². The van der Waals surface area contributed by atoms with Crippen molar-refractivity contribution in [2.45, 2.75) is 6.04 Å². The molecule has 1 aromatic rings. The number of carboxylic acid groups (broad SMARTS) is 1. The van der Waals surface area contributed by atoms with Crippen molar-refractivity contribution in [3.8, 4) is 0 Å². The van der Waals surface area contributed by atoms with Gasteiger partial charge in [0, 0.05) is 18.9 Å². The number of morpholine rings is 1. The predicted molar refractivity (Wildman–Crippen MR) is 51.6 cm³/mol. The second-order valence-corrected chi connectivity index (χ2v) is 3.17. The molecule has 1 N–H and O–H groups in total. The summed E-state index contributed by atoms with van der Waals surface area (Å²) >= 11 is 0. The average Bonchev–Trinajstić information content (AvgIpc) is 2.30. The molecule has 1 unspecified atom stereocenters. The molecule has 15 heavy (non-hydrogen) atoms. The van der Waals surface area contributed by atoms with Gasteiger partial charge in [-0.15, -0.1) is 0 Å². The molecule has 0 amide bonds. The molecule has 0 spiro atoms. The molecule has 0 aliphatic carbocycles. The van der Waals surface area contributed by atoms with E-state index in [1.807, 2.05) is 0 Å². The summed E-state index contributed by atoms with van der Waals surface area (Å²) in [5.41, 5.74) is 0. The zero-order valence-corrected chi connectivity index (χ0v) is 8.04. The van der Waals surface area contributed by atoms with Crippen LogP contribution in [0, 0.1) is 0 Å². The summed E-state index contributed by atoms with van der Waals surface area (Å²) in [4.78, 5) is 20.7. The minimum absolute atomic E-state index is 0.174. The van der Waals surface area contributed by atoms with Crippen molar-refractivity contribution in [3.63, 3.8) is 0 Å². The molecule has 1 aliphatic rings. The Balaban J connectivity index is 2.22. The van der Waals surface area contributed by atoms with Gasteiger partial charge in [0.25, 0.3) is 0 Å². The molecule has 6 heteroatoms. The molecular formula is C9H11N3O3. The summed E-state index contributed by atoms with van der Waals surface area (Å²) in [6, 6.07) is 1.00. The largest absolute Gasteiger partial charge is 0.480 e. The standard InChI is InChI=1S/C9H11N3O3/c13-8(14)7-6-15-5-4-12(7)9-10-2-1-3-11-9/h1-3,7H,4-6H2,(H,13,14). The summed E-state index contributed by atoms with van der Waals surface area (Å²) in [5, 5.41) is 8.99. The van der Waals surface area contributed by atoms with Gasteiger partial charge in [0.1, 0.15) is 0 Å². The first-order valence-corrected chi connectivity index (χ1v) is 4.63. The van der Waals surface area contributed by atoms with E-state index in [2.05, 4.69) is 9.97 Å².